The molecule has 1 aromatic carbocycles. The molecule has 8 heteroatoms. The van der Waals surface area contributed by atoms with E-state index in [2.05, 4.69) is 17.9 Å². The number of para-hydroxylation sites is 1. The van der Waals surface area contributed by atoms with Crippen LogP contribution in [0, 0.1) is 0 Å². The average Bonchev–Trinajstić information content (AvgIpc) is 2.96. The minimum absolute atomic E-state index is 0.0792. The number of aryl methyl sites for hydroxylation is 1. The van der Waals surface area contributed by atoms with Crippen LogP contribution in [0.2, 0.25) is 0 Å². The van der Waals surface area contributed by atoms with Crippen molar-refractivity contribution in [2.24, 2.45) is 7.05 Å². The molecule has 3 rings (SSSR count). The molecule has 2 heterocycles. The van der Waals surface area contributed by atoms with Crippen molar-refractivity contribution in [2.45, 2.75) is 6.10 Å². The number of anilines is 1. The number of aromatic nitrogens is 1. The smallest absolute Gasteiger partial charge is 0.414 e. The molecule has 0 radical (unpaired) electrons. The zero-order valence-electron chi connectivity index (χ0n) is 13.1. The number of hydrogen-bond donors (Lipinski definition) is 2. The molecular formula is C16H17N3O4S. The normalized spacial score (nSPS) is 17.2. The summed E-state index contributed by atoms with van der Waals surface area (Å²) in [6, 6.07) is 8.70. The molecule has 0 aliphatic carbocycles. The Morgan fingerprint density at radius 3 is 2.88 bits per heavy atom. The van der Waals surface area contributed by atoms with Gasteiger partial charge >= 0.3 is 6.09 Å². The highest BCUT2D eigenvalue weighted by atomic mass is 32.1. The van der Waals surface area contributed by atoms with Gasteiger partial charge in [0.05, 0.1) is 30.0 Å². The zero-order valence-corrected chi connectivity index (χ0v) is 14.0. The lowest BCUT2D eigenvalue weighted by Crippen LogP contribution is -2.35. The molecule has 2 aromatic rings. The number of fused-ring (bicyclic) bond motifs is 1. The van der Waals surface area contributed by atoms with Crippen molar-refractivity contribution in [1.29, 1.82) is 0 Å². The third-order valence-corrected chi connectivity index (χ3v) is 4.24. The Bertz CT molecular complexity index is 864. The molecule has 1 atom stereocenters. The summed E-state index contributed by atoms with van der Waals surface area (Å²) in [6.07, 6.45) is -0.943. The van der Waals surface area contributed by atoms with Crippen LogP contribution in [0.4, 0.5) is 10.5 Å². The average molecular weight is 347 g/mol. The summed E-state index contributed by atoms with van der Waals surface area (Å²) in [5.41, 5.74) is 1.13. The number of amides is 2. The van der Waals surface area contributed by atoms with Gasteiger partial charge in [0.1, 0.15) is 6.10 Å². The molecule has 24 heavy (non-hydrogen) atoms. The van der Waals surface area contributed by atoms with Gasteiger partial charge in [-0.3, -0.25) is 14.5 Å². The summed E-state index contributed by atoms with van der Waals surface area (Å²) >= 11 is 3.88. The molecule has 1 N–H and O–H groups in total. The van der Waals surface area contributed by atoms with Crippen LogP contribution in [-0.4, -0.2) is 41.5 Å². The Balaban J connectivity index is 1.91. The monoisotopic (exact) mass is 347 g/mol. The molecule has 7 nitrogen and oxygen atoms in total. The zero-order chi connectivity index (χ0) is 17.3. The SMILES string of the molecule is Cn1c(=O)ccc2cccc(N3C[C@H](CNC(=O)CS)OC3=O)c21. The first-order valence-electron chi connectivity index (χ1n) is 7.45. The number of carbonyl (C=O) groups excluding carboxylic acids is 2. The Labute approximate surface area is 143 Å². The number of ether oxygens (including phenoxy) is 1. The number of benzene rings is 1. The van der Waals surface area contributed by atoms with E-state index in [0.717, 1.165) is 5.39 Å². The van der Waals surface area contributed by atoms with Gasteiger partial charge in [0, 0.05) is 18.5 Å². The highest BCUT2D eigenvalue weighted by Crippen LogP contribution is 2.28. The number of thiol groups is 1. The van der Waals surface area contributed by atoms with Gasteiger partial charge in [0.15, 0.2) is 0 Å². The predicted molar refractivity (Wildman–Crippen MR) is 93.7 cm³/mol. The quantitative estimate of drug-likeness (QED) is 0.806. The summed E-state index contributed by atoms with van der Waals surface area (Å²) in [7, 11) is 1.67. The molecule has 1 fully saturated rings. The molecule has 1 aromatic heterocycles. The molecule has 0 saturated carbocycles. The molecular weight excluding hydrogens is 330 g/mol. The molecule has 1 aliphatic rings. The van der Waals surface area contributed by atoms with Gasteiger partial charge in [-0.15, -0.1) is 0 Å². The van der Waals surface area contributed by atoms with Crippen LogP contribution in [0.5, 0.6) is 0 Å². The van der Waals surface area contributed by atoms with E-state index in [1.54, 1.807) is 19.2 Å². The Kier molecular flexibility index (Phi) is 4.48. The van der Waals surface area contributed by atoms with Gasteiger partial charge in [-0.2, -0.15) is 12.6 Å². The fourth-order valence-electron chi connectivity index (χ4n) is 2.76. The summed E-state index contributed by atoms with van der Waals surface area (Å²) in [5.74, 6) is -0.143. The lowest BCUT2D eigenvalue weighted by Gasteiger charge is -2.17. The lowest BCUT2D eigenvalue weighted by molar-refractivity contribution is -0.118. The van der Waals surface area contributed by atoms with E-state index in [1.165, 1.54) is 15.5 Å². The first-order valence-corrected chi connectivity index (χ1v) is 8.09. The molecule has 0 spiro atoms. The van der Waals surface area contributed by atoms with Crippen molar-refractivity contribution in [3.8, 4) is 0 Å². The maximum atomic E-state index is 12.2. The third-order valence-electron chi connectivity index (χ3n) is 3.95. The van der Waals surface area contributed by atoms with Crippen LogP contribution in [-0.2, 0) is 16.6 Å². The maximum Gasteiger partial charge on any atom is 0.414 e. The number of pyridine rings is 1. The van der Waals surface area contributed by atoms with Crippen LogP contribution in [0.1, 0.15) is 0 Å². The van der Waals surface area contributed by atoms with Crippen molar-refractivity contribution >= 4 is 41.2 Å². The minimum atomic E-state index is -0.496. The second kappa shape index (κ2) is 6.56. The van der Waals surface area contributed by atoms with Gasteiger partial charge in [-0.05, 0) is 12.1 Å². The molecule has 126 valence electrons. The molecule has 1 saturated heterocycles. The second-order valence-electron chi connectivity index (χ2n) is 5.52. The molecule has 1 aliphatic heterocycles. The minimum Gasteiger partial charge on any atom is -0.442 e. The van der Waals surface area contributed by atoms with Gasteiger partial charge < -0.3 is 14.6 Å². The van der Waals surface area contributed by atoms with Crippen molar-refractivity contribution < 1.29 is 14.3 Å². The molecule has 0 bridgehead atoms. The molecule has 0 unspecified atom stereocenters. The van der Waals surface area contributed by atoms with E-state index in [9.17, 15) is 14.4 Å². The van der Waals surface area contributed by atoms with E-state index in [0.29, 0.717) is 17.7 Å². The van der Waals surface area contributed by atoms with Crippen molar-refractivity contribution in [3.05, 3.63) is 40.7 Å². The van der Waals surface area contributed by atoms with Gasteiger partial charge in [-0.25, -0.2) is 4.79 Å². The number of cyclic esters (lactones) is 1. The number of rotatable bonds is 4. The Morgan fingerprint density at radius 2 is 2.12 bits per heavy atom. The van der Waals surface area contributed by atoms with Gasteiger partial charge in [-0.1, -0.05) is 12.1 Å². The number of carbonyl (C=O) groups is 2. The highest BCUT2D eigenvalue weighted by Gasteiger charge is 2.33. The van der Waals surface area contributed by atoms with Crippen LogP contribution in [0.25, 0.3) is 10.9 Å². The largest absolute Gasteiger partial charge is 0.442 e. The first kappa shape index (κ1) is 16.4. The molecule has 2 amide bonds. The fraction of sp³-hybridized carbons (Fsp3) is 0.312. The highest BCUT2D eigenvalue weighted by molar-refractivity contribution is 7.81. The van der Waals surface area contributed by atoms with Gasteiger partial charge in [0.25, 0.3) is 5.56 Å². The summed E-state index contributed by atoms with van der Waals surface area (Å²) in [5, 5.41) is 3.51. The fourth-order valence-corrected chi connectivity index (χ4v) is 2.87. The maximum absolute atomic E-state index is 12.2. The predicted octanol–water partition coefficient (Wildman–Crippen LogP) is 0.910. The van der Waals surface area contributed by atoms with E-state index in [-0.39, 0.29) is 23.8 Å². The standard InChI is InChI=1S/C16H17N3O4S/c1-18-14(21)6-5-10-3-2-4-12(15(10)18)19-8-11(23-16(19)22)7-17-13(20)9-24/h2-6,11,24H,7-9H2,1H3,(H,17,20)/t11-/m0/s1. The van der Waals surface area contributed by atoms with E-state index < -0.39 is 12.2 Å². The summed E-state index contributed by atoms with van der Waals surface area (Å²) < 4.78 is 6.81. The van der Waals surface area contributed by atoms with Crippen LogP contribution in [0.15, 0.2) is 35.1 Å². The first-order chi connectivity index (χ1) is 11.5. The summed E-state index contributed by atoms with van der Waals surface area (Å²) in [4.78, 5) is 36.9. The summed E-state index contributed by atoms with van der Waals surface area (Å²) in [6.45, 7) is 0.527. The van der Waals surface area contributed by atoms with Crippen molar-refractivity contribution in [2.75, 3.05) is 23.7 Å². The second-order valence-corrected chi connectivity index (χ2v) is 5.84. The van der Waals surface area contributed by atoms with Crippen LogP contribution in [0.3, 0.4) is 0 Å². The third kappa shape index (κ3) is 2.96. The topological polar surface area (TPSA) is 80.6 Å². The van der Waals surface area contributed by atoms with Crippen LogP contribution < -0.4 is 15.8 Å². The van der Waals surface area contributed by atoms with Gasteiger partial charge in [0.2, 0.25) is 5.91 Å². The van der Waals surface area contributed by atoms with E-state index in [1.807, 2.05) is 12.1 Å². The van der Waals surface area contributed by atoms with Crippen molar-refractivity contribution in [3.63, 3.8) is 0 Å². The van der Waals surface area contributed by atoms with E-state index in [4.69, 9.17) is 4.74 Å². The Morgan fingerprint density at radius 1 is 1.33 bits per heavy atom. The van der Waals surface area contributed by atoms with Crippen molar-refractivity contribution in [1.82, 2.24) is 9.88 Å². The van der Waals surface area contributed by atoms with Crippen LogP contribution >= 0.6 is 12.6 Å². The number of nitrogens with zero attached hydrogens (tertiary/aromatic N) is 2. The number of nitrogens with one attached hydrogen (secondary N) is 1. The number of hydrogen-bond acceptors (Lipinski definition) is 5. The van der Waals surface area contributed by atoms with E-state index >= 15 is 0 Å². The Hall–Kier alpha value is -2.48. The lowest BCUT2D eigenvalue weighted by atomic mass is 10.1.